The van der Waals surface area contributed by atoms with Gasteiger partial charge in [0.15, 0.2) is 0 Å². The van der Waals surface area contributed by atoms with E-state index in [0.717, 1.165) is 12.5 Å². The van der Waals surface area contributed by atoms with Crippen molar-refractivity contribution in [2.75, 3.05) is 6.54 Å². The molecule has 3 atom stereocenters. The minimum Gasteiger partial charge on any atom is -0.268 e. The molecule has 0 aromatic carbocycles. The summed E-state index contributed by atoms with van der Waals surface area (Å²) in [6.45, 7) is 7.94. The Morgan fingerprint density at radius 2 is 2.21 bits per heavy atom. The molecule has 2 aliphatic rings. The average molecular weight is 194 g/mol. The van der Waals surface area contributed by atoms with Crippen LogP contribution in [0.25, 0.3) is 0 Å². The third-order valence-electron chi connectivity index (χ3n) is 4.43. The van der Waals surface area contributed by atoms with Crippen LogP contribution in [-0.4, -0.2) is 17.6 Å². The number of hydrogen-bond acceptors (Lipinski definition) is 2. The number of hydrazine groups is 1. The van der Waals surface area contributed by atoms with Gasteiger partial charge in [-0.1, -0.05) is 25.5 Å². The summed E-state index contributed by atoms with van der Waals surface area (Å²) in [6, 6.07) is 0.495. The van der Waals surface area contributed by atoms with Crippen LogP contribution in [0.1, 0.15) is 40.0 Å². The topological polar surface area (TPSA) is 29.3 Å². The fourth-order valence-corrected chi connectivity index (χ4v) is 2.95. The Balaban J connectivity index is 2.28. The van der Waals surface area contributed by atoms with Gasteiger partial charge in [-0.2, -0.15) is 0 Å². The summed E-state index contributed by atoms with van der Waals surface area (Å²) >= 11 is 0. The van der Waals surface area contributed by atoms with Crippen LogP contribution in [-0.2, 0) is 0 Å². The SMILES string of the molecule is CC1CCC2(C)C(=CCN(N)C2C)C1. The standard InChI is InChI=1S/C12H22N2/c1-9-4-6-12(3)10(2)14(13)7-5-11(12)8-9/h5,9-10H,4,6-8,13H2,1-3H3. The van der Waals surface area contributed by atoms with Gasteiger partial charge in [0, 0.05) is 18.0 Å². The largest absolute Gasteiger partial charge is 0.268 e. The van der Waals surface area contributed by atoms with E-state index in [1.165, 1.54) is 19.3 Å². The quantitative estimate of drug-likeness (QED) is 0.473. The van der Waals surface area contributed by atoms with E-state index in [-0.39, 0.29) is 0 Å². The van der Waals surface area contributed by atoms with Crippen molar-refractivity contribution in [3.05, 3.63) is 11.6 Å². The molecule has 2 nitrogen and oxygen atoms in total. The van der Waals surface area contributed by atoms with Crippen molar-refractivity contribution in [1.29, 1.82) is 0 Å². The molecule has 0 radical (unpaired) electrons. The number of nitrogens with two attached hydrogens (primary N) is 1. The predicted octanol–water partition coefficient (Wildman–Crippen LogP) is 2.32. The van der Waals surface area contributed by atoms with Gasteiger partial charge in [0.05, 0.1) is 0 Å². The van der Waals surface area contributed by atoms with E-state index >= 15 is 0 Å². The maximum absolute atomic E-state index is 5.99. The Kier molecular flexibility index (Phi) is 2.44. The zero-order chi connectivity index (χ0) is 10.3. The highest BCUT2D eigenvalue weighted by Crippen LogP contribution is 2.47. The summed E-state index contributed by atoms with van der Waals surface area (Å²) in [5.41, 5.74) is 2.00. The fraction of sp³-hybridized carbons (Fsp3) is 0.833. The highest BCUT2D eigenvalue weighted by molar-refractivity contribution is 5.23. The van der Waals surface area contributed by atoms with Crippen molar-refractivity contribution in [2.45, 2.75) is 46.1 Å². The third kappa shape index (κ3) is 1.41. The van der Waals surface area contributed by atoms with Gasteiger partial charge >= 0.3 is 0 Å². The lowest BCUT2D eigenvalue weighted by Crippen LogP contribution is -2.53. The molecule has 80 valence electrons. The molecule has 0 saturated heterocycles. The van der Waals surface area contributed by atoms with Crippen molar-refractivity contribution in [3.63, 3.8) is 0 Å². The first-order valence-electron chi connectivity index (χ1n) is 5.75. The number of nitrogens with zero attached hydrogens (tertiary/aromatic N) is 1. The lowest BCUT2D eigenvalue weighted by atomic mass is 9.63. The van der Waals surface area contributed by atoms with Crippen LogP contribution in [0, 0.1) is 11.3 Å². The van der Waals surface area contributed by atoms with Crippen LogP contribution >= 0.6 is 0 Å². The zero-order valence-corrected chi connectivity index (χ0v) is 9.59. The van der Waals surface area contributed by atoms with Gasteiger partial charge in [0.1, 0.15) is 0 Å². The van der Waals surface area contributed by atoms with E-state index in [1.54, 1.807) is 5.57 Å². The molecule has 3 unspecified atom stereocenters. The number of rotatable bonds is 0. The van der Waals surface area contributed by atoms with E-state index in [9.17, 15) is 0 Å². The van der Waals surface area contributed by atoms with E-state index in [4.69, 9.17) is 5.84 Å². The molecule has 1 fully saturated rings. The van der Waals surface area contributed by atoms with E-state index in [2.05, 4.69) is 26.8 Å². The highest BCUT2D eigenvalue weighted by atomic mass is 15.4. The van der Waals surface area contributed by atoms with Gasteiger partial charge < -0.3 is 0 Å². The molecule has 2 heteroatoms. The van der Waals surface area contributed by atoms with Gasteiger partial charge in [0.2, 0.25) is 0 Å². The molecule has 0 bridgehead atoms. The molecule has 0 aromatic rings. The molecule has 1 heterocycles. The van der Waals surface area contributed by atoms with E-state index in [0.29, 0.717) is 11.5 Å². The monoisotopic (exact) mass is 194 g/mol. The lowest BCUT2D eigenvalue weighted by molar-refractivity contribution is 0.0778. The van der Waals surface area contributed by atoms with Crippen molar-refractivity contribution >= 4 is 0 Å². The molecule has 0 spiro atoms. The molecule has 1 aliphatic heterocycles. The van der Waals surface area contributed by atoms with Gasteiger partial charge in [-0.05, 0) is 32.1 Å². The molecule has 0 aromatic heterocycles. The van der Waals surface area contributed by atoms with E-state index < -0.39 is 0 Å². The van der Waals surface area contributed by atoms with Gasteiger partial charge in [0.25, 0.3) is 0 Å². The van der Waals surface area contributed by atoms with Crippen molar-refractivity contribution in [2.24, 2.45) is 17.2 Å². The van der Waals surface area contributed by atoms with Crippen LogP contribution in [0.15, 0.2) is 11.6 Å². The Bertz CT molecular complexity index is 259. The first kappa shape index (κ1) is 10.2. The number of hydrogen-bond donors (Lipinski definition) is 1. The highest BCUT2D eigenvalue weighted by Gasteiger charge is 2.42. The van der Waals surface area contributed by atoms with Crippen LogP contribution in [0.2, 0.25) is 0 Å². The Labute approximate surface area is 87.1 Å². The van der Waals surface area contributed by atoms with Crippen LogP contribution < -0.4 is 5.84 Å². The van der Waals surface area contributed by atoms with Crippen LogP contribution in [0.4, 0.5) is 0 Å². The predicted molar refractivity (Wildman–Crippen MR) is 59.6 cm³/mol. The van der Waals surface area contributed by atoms with Gasteiger partial charge in [-0.25, -0.2) is 5.01 Å². The Morgan fingerprint density at radius 3 is 2.93 bits per heavy atom. The second kappa shape index (κ2) is 3.35. The van der Waals surface area contributed by atoms with Crippen molar-refractivity contribution in [1.82, 2.24) is 5.01 Å². The molecule has 14 heavy (non-hydrogen) atoms. The summed E-state index contributed by atoms with van der Waals surface area (Å²) < 4.78 is 0. The molecular formula is C12H22N2. The summed E-state index contributed by atoms with van der Waals surface area (Å²) in [5.74, 6) is 6.86. The van der Waals surface area contributed by atoms with E-state index in [1.807, 2.05) is 5.01 Å². The van der Waals surface area contributed by atoms with Crippen LogP contribution in [0.3, 0.4) is 0 Å². The first-order valence-corrected chi connectivity index (χ1v) is 5.75. The Hall–Kier alpha value is -0.340. The molecule has 1 aliphatic carbocycles. The minimum absolute atomic E-state index is 0.347. The third-order valence-corrected chi connectivity index (χ3v) is 4.43. The molecule has 0 amide bonds. The summed E-state index contributed by atoms with van der Waals surface area (Å²) in [4.78, 5) is 0. The number of fused-ring (bicyclic) bond motifs is 1. The molecule has 1 saturated carbocycles. The summed E-state index contributed by atoms with van der Waals surface area (Å²) in [5, 5.41) is 1.99. The minimum atomic E-state index is 0.347. The fourth-order valence-electron chi connectivity index (χ4n) is 2.95. The first-order chi connectivity index (χ1) is 6.54. The average Bonchev–Trinajstić information content (AvgIpc) is 2.16. The maximum atomic E-state index is 5.99. The van der Waals surface area contributed by atoms with Crippen molar-refractivity contribution < 1.29 is 0 Å². The lowest BCUT2D eigenvalue weighted by Gasteiger charge is -2.49. The molecule has 2 rings (SSSR count). The second-order valence-corrected chi connectivity index (χ2v) is 5.37. The Morgan fingerprint density at radius 1 is 1.50 bits per heavy atom. The normalized spacial score (nSPS) is 44.4. The zero-order valence-electron chi connectivity index (χ0n) is 9.59. The maximum Gasteiger partial charge on any atom is 0.0315 e. The van der Waals surface area contributed by atoms with Crippen molar-refractivity contribution in [3.8, 4) is 0 Å². The smallest absolute Gasteiger partial charge is 0.0315 e. The summed E-state index contributed by atoms with van der Waals surface area (Å²) in [6.07, 6.45) is 6.30. The van der Waals surface area contributed by atoms with Gasteiger partial charge in [-0.15, -0.1) is 0 Å². The second-order valence-electron chi connectivity index (χ2n) is 5.37. The van der Waals surface area contributed by atoms with Gasteiger partial charge in [-0.3, -0.25) is 5.84 Å². The molecular weight excluding hydrogens is 172 g/mol. The molecule has 2 N–H and O–H groups in total. The van der Waals surface area contributed by atoms with Crippen LogP contribution in [0.5, 0.6) is 0 Å². The summed E-state index contributed by atoms with van der Waals surface area (Å²) in [7, 11) is 0.